The zero-order valence-corrected chi connectivity index (χ0v) is 14.8. The van der Waals surface area contributed by atoms with Crippen molar-refractivity contribution in [3.05, 3.63) is 78.2 Å². The van der Waals surface area contributed by atoms with Gasteiger partial charge in [0.2, 0.25) is 5.88 Å². The highest BCUT2D eigenvalue weighted by Gasteiger charge is 2.11. The lowest BCUT2D eigenvalue weighted by atomic mass is 10.0. The Labute approximate surface area is 152 Å². The number of benzene rings is 2. The summed E-state index contributed by atoms with van der Waals surface area (Å²) < 4.78 is 5.90. The van der Waals surface area contributed by atoms with Crippen LogP contribution in [-0.2, 0) is 4.79 Å². The van der Waals surface area contributed by atoms with Crippen LogP contribution >= 0.6 is 0 Å². The second-order valence-electron chi connectivity index (χ2n) is 6.36. The van der Waals surface area contributed by atoms with E-state index in [-0.39, 0.29) is 17.5 Å². The number of ether oxygens (including phenoxy) is 1. The number of carbonyl (C=O) groups excluding carboxylic acids is 1. The minimum atomic E-state index is -0.170. The van der Waals surface area contributed by atoms with Crippen LogP contribution in [0.15, 0.2) is 72.5 Å². The van der Waals surface area contributed by atoms with Crippen LogP contribution in [0.3, 0.4) is 0 Å². The number of fused-ring (bicyclic) bond motifs is 1. The predicted octanol–water partition coefficient (Wildman–Crippen LogP) is 5.55. The second kappa shape index (κ2) is 7.83. The Hall–Kier alpha value is -3.14. The number of rotatable bonds is 6. The first-order chi connectivity index (χ1) is 12.5. The molecule has 0 amide bonds. The molecule has 0 radical (unpaired) electrons. The maximum absolute atomic E-state index is 11.1. The summed E-state index contributed by atoms with van der Waals surface area (Å²) in [6, 6.07) is 19.6. The Morgan fingerprint density at radius 3 is 2.65 bits per heavy atom. The number of aliphatic hydroxyl groups is 1. The average molecular weight is 347 g/mol. The number of aliphatic hydroxyl groups excluding tert-OH is 1. The van der Waals surface area contributed by atoms with Gasteiger partial charge in [-0.05, 0) is 35.9 Å². The molecule has 0 fully saturated rings. The van der Waals surface area contributed by atoms with E-state index >= 15 is 0 Å². The third-order valence-corrected chi connectivity index (χ3v) is 4.08. The molecule has 1 atom stereocenters. The minimum absolute atomic E-state index is 0.0363. The van der Waals surface area contributed by atoms with Crippen LogP contribution in [0.25, 0.3) is 10.8 Å². The predicted molar refractivity (Wildman–Crippen MR) is 103 cm³/mol. The molecule has 1 N–H and O–H groups in total. The average Bonchev–Trinajstić information content (AvgIpc) is 2.61. The van der Waals surface area contributed by atoms with E-state index < -0.39 is 0 Å². The van der Waals surface area contributed by atoms with E-state index in [1.807, 2.05) is 55.5 Å². The highest BCUT2D eigenvalue weighted by Crippen LogP contribution is 2.27. The lowest BCUT2D eigenvalue weighted by molar-refractivity contribution is -0.112. The van der Waals surface area contributed by atoms with Gasteiger partial charge in [0.05, 0.1) is 5.76 Å². The van der Waals surface area contributed by atoms with E-state index in [2.05, 4.69) is 11.1 Å². The summed E-state index contributed by atoms with van der Waals surface area (Å²) in [5.41, 5.74) is 0.798. The summed E-state index contributed by atoms with van der Waals surface area (Å²) in [4.78, 5) is 15.6. The summed E-state index contributed by atoms with van der Waals surface area (Å²) in [7, 11) is 0. The van der Waals surface area contributed by atoms with Crippen molar-refractivity contribution in [3.63, 3.8) is 0 Å². The molecule has 2 aromatic carbocycles. The molecule has 0 aliphatic rings. The van der Waals surface area contributed by atoms with Crippen LogP contribution in [0.2, 0.25) is 0 Å². The van der Waals surface area contributed by atoms with Gasteiger partial charge < -0.3 is 9.84 Å². The molecule has 0 bridgehead atoms. The van der Waals surface area contributed by atoms with E-state index in [0.717, 1.165) is 22.2 Å². The van der Waals surface area contributed by atoms with Gasteiger partial charge in [0, 0.05) is 30.2 Å². The van der Waals surface area contributed by atoms with Crippen molar-refractivity contribution in [1.29, 1.82) is 0 Å². The van der Waals surface area contributed by atoms with E-state index in [1.165, 1.54) is 13.0 Å². The fourth-order valence-corrected chi connectivity index (χ4v) is 2.83. The quantitative estimate of drug-likeness (QED) is 0.469. The number of aromatic nitrogens is 1. The molecule has 132 valence electrons. The van der Waals surface area contributed by atoms with Gasteiger partial charge in [-0.15, -0.1) is 0 Å². The fraction of sp³-hybridized carbons (Fsp3) is 0.182. The number of nitrogens with zero attached hydrogens (tertiary/aromatic N) is 1. The van der Waals surface area contributed by atoms with Gasteiger partial charge in [-0.3, -0.25) is 4.79 Å². The molecule has 0 saturated carbocycles. The normalized spacial score (nSPS) is 12.8. The minimum Gasteiger partial charge on any atom is -0.512 e. The molecule has 0 aliphatic heterocycles. The van der Waals surface area contributed by atoms with Crippen LogP contribution in [0.1, 0.15) is 31.9 Å². The summed E-state index contributed by atoms with van der Waals surface area (Å²) in [5, 5.41) is 12.1. The number of hydrogen-bond donors (Lipinski definition) is 1. The van der Waals surface area contributed by atoms with Gasteiger partial charge in [-0.25, -0.2) is 4.98 Å². The Morgan fingerprint density at radius 1 is 1.12 bits per heavy atom. The number of carbonyl (C=O) groups is 1. The zero-order valence-electron chi connectivity index (χ0n) is 14.8. The van der Waals surface area contributed by atoms with Gasteiger partial charge in [-0.2, -0.15) is 0 Å². The Kier molecular flexibility index (Phi) is 5.32. The highest BCUT2D eigenvalue weighted by atomic mass is 16.5. The van der Waals surface area contributed by atoms with Crippen molar-refractivity contribution < 1.29 is 14.6 Å². The maximum atomic E-state index is 11.1. The molecule has 4 nitrogen and oxygen atoms in total. The van der Waals surface area contributed by atoms with Crippen LogP contribution in [0.5, 0.6) is 11.6 Å². The first kappa shape index (κ1) is 17.7. The topological polar surface area (TPSA) is 59.4 Å². The number of allylic oxidation sites excluding steroid dienone is 2. The standard InChI is InChI=1S/C22H21NO3/c1-15(12-19(25)13-16(2)24)21-8-5-9-22(23-21)26-20-11-10-17-6-3-4-7-18(17)14-20/h3-11,13-15,25H,12H2,1-2H3. The van der Waals surface area contributed by atoms with E-state index in [4.69, 9.17) is 4.74 Å². The van der Waals surface area contributed by atoms with Gasteiger partial charge in [0.1, 0.15) is 5.75 Å². The first-order valence-corrected chi connectivity index (χ1v) is 8.55. The lowest BCUT2D eigenvalue weighted by Gasteiger charge is -2.12. The van der Waals surface area contributed by atoms with Crippen LogP contribution in [0.4, 0.5) is 0 Å². The van der Waals surface area contributed by atoms with Crippen molar-refractivity contribution in [2.45, 2.75) is 26.2 Å². The van der Waals surface area contributed by atoms with E-state index in [0.29, 0.717) is 12.3 Å². The highest BCUT2D eigenvalue weighted by molar-refractivity contribution is 5.87. The molecule has 3 rings (SSSR count). The summed E-state index contributed by atoms with van der Waals surface area (Å²) >= 11 is 0. The molecule has 0 saturated heterocycles. The Bertz CT molecular complexity index is 962. The molecular weight excluding hydrogens is 326 g/mol. The molecule has 4 heteroatoms. The molecule has 1 unspecified atom stereocenters. The largest absolute Gasteiger partial charge is 0.512 e. The Balaban J connectivity index is 1.76. The van der Waals surface area contributed by atoms with Crippen molar-refractivity contribution in [2.75, 3.05) is 0 Å². The van der Waals surface area contributed by atoms with Crippen molar-refractivity contribution >= 4 is 16.6 Å². The van der Waals surface area contributed by atoms with Crippen LogP contribution < -0.4 is 4.74 Å². The van der Waals surface area contributed by atoms with Crippen LogP contribution in [-0.4, -0.2) is 15.9 Å². The first-order valence-electron chi connectivity index (χ1n) is 8.55. The molecular formula is C22H21NO3. The van der Waals surface area contributed by atoms with Gasteiger partial charge in [0.25, 0.3) is 0 Å². The van der Waals surface area contributed by atoms with Crippen LogP contribution in [0, 0.1) is 0 Å². The van der Waals surface area contributed by atoms with E-state index in [1.54, 1.807) is 6.07 Å². The molecule has 3 aromatic rings. The van der Waals surface area contributed by atoms with Gasteiger partial charge >= 0.3 is 0 Å². The molecule has 1 heterocycles. The monoisotopic (exact) mass is 347 g/mol. The van der Waals surface area contributed by atoms with E-state index in [9.17, 15) is 9.90 Å². The number of ketones is 1. The smallest absolute Gasteiger partial charge is 0.219 e. The summed E-state index contributed by atoms with van der Waals surface area (Å²) in [6.45, 7) is 3.36. The maximum Gasteiger partial charge on any atom is 0.219 e. The van der Waals surface area contributed by atoms with Gasteiger partial charge in [-0.1, -0.05) is 43.3 Å². The summed E-state index contributed by atoms with van der Waals surface area (Å²) in [5.74, 6) is 1.08. The van der Waals surface area contributed by atoms with Crippen molar-refractivity contribution in [2.24, 2.45) is 0 Å². The third-order valence-electron chi connectivity index (χ3n) is 4.08. The second-order valence-corrected chi connectivity index (χ2v) is 6.36. The third kappa shape index (κ3) is 4.48. The fourth-order valence-electron chi connectivity index (χ4n) is 2.83. The van der Waals surface area contributed by atoms with Crippen molar-refractivity contribution in [1.82, 2.24) is 4.98 Å². The zero-order chi connectivity index (χ0) is 18.5. The lowest BCUT2D eigenvalue weighted by Crippen LogP contribution is -2.01. The molecule has 26 heavy (non-hydrogen) atoms. The number of hydrogen-bond acceptors (Lipinski definition) is 4. The molecule has 0 aliphatic carbocycles. The number of pyridine rings is 1. The SMILES string of the molecule is CC(=O)C=C(O)CC(C)c1cccc(Oc2ccc3ccccc3c2)n1. The van der Waals surface area contributed by atoms with Crippen molar-refractivity contribution in [3.8, 4) is 11.6 Å². The Morgan fingerprint density at radius 2 is 1.88 bits per heavy atom. The molecule has 0 spiro atoms. The summed E-state index contributed by atoms with van der Waals surface area (Å²) in [6.07, 6.45) is 1.60. The molecule has 1 aromatic heterocycles. The van der Waals surface area contributed by atoms with Gasteiger partial charge in [0.15, 0.2) is 5.78 Å².